The Hall–Kier alpha value is -4.66. The lowest BCUT2D eigenvalue weighted by atomic mass is 10.1. The van der Waals surface area contributed by atoms with Gasteiger partial charge in [0.1, 0.15) is 13.2 Å². The molecule has 0 saturated heterocycles. The Labute approximate surface area is 206 Å². The van der Waals surface area contributed by atoms with Crippen molar-refractivity contribution < 1.29 is 33.4 Å². The molecule has 1 atom stereocenters. The fourth-order valence-corrected chi connectivity index (χ4v) is 4.05. The van der Waals surface area contributed by atoms with E-state index in [4.69, 9.17) is 14.2 Å². The topological polar surface area (TPSA) is 111 Å². The van der Waals surface area contributed by atoms with E-state index < -0.39 is 29.8 Å². The number of carbonyl (C=O) groups excluding carboxylic acids is 4. The zero-order valence-corrected chi connectivity index (χ0v) is 19.6. The quantitative estimate of drug-likeness (QED) is 0.432. The molecule has 2 aliphatic heterocycles. The van der Waals surface area contributed by atoms with Gasteiger partial charge in [-0.3, -0.25) is 14.4 Å². The Morgan fingerprint density at radius 3 is 2.42 bits per heavy atom. The number of hydrogen-bond acceptors (Lipinski definition) is 7. The van der Waals surface area contributed by atoms with Crippen LogP contribution in [0, 0.1) is 6.92 Å². The summed E-state index contributed by atoms with van der Waals surface area (Å²) < 4.78 is 16.3. The molecular formula is C27H22N2O7. The molecule has 9 nitrogen and oxygen atoms in total. The first-order valence-electron chi connectivity index (χ1n) is 11.3. The number of esters is 1. The summed E-state index contributed by atoms with van der Waals surface area (Å²) in [6.07, 6.45) is -1.13. The molecule has 2 aliphatic rings. The minimum absolute atomic E-state index is 0.0560. The van der Waals surface area contributed by atoms with Gasteiger partial charge in [0, 0.05) is 11.8 Å². The lowest BCUT2D eigenvalue weighted by Crippen LogP contribution is -2.30. The number of nitrogens with zero attached hydrogens (tertiary/aromatic N) is 1. The van der Waals surface area contributed by atoms with Crippen molar-refractivity contribution in [2.24, 2.45) is 0 Å². The van der Waals surface area contributed by atoms with E-state index in [9.17, 15) is 19.2 Å². The zero-order valence-electron chi connectivity index (χ0n) is 19.6. The molecule has 0 saturated carbocycles. The average Bonchev–Trinajstić information content (AvgIpc) is 3.13. The number of ether oxygens (including phenoxy) is 3. The summed E-state index contributed by atoms with van der Waals surface area (Å²) in [5, 5.41) is 2.68. The monoisotopic (exact) mass is 486 g/mol. The van der Waals surface area contributed by atoms with E-state index in [1.54, 1.807) is 43.3 Å². The van der Waals surface area contributed by atoms with Crippen LogP contribution in [-0.2, 0) is 9.53 Å². The fourth-order valence-electron chi connectivity index (χ4n) is 4.05. The molecule has 3 aromatic rings. The van der Waals surface area contributed by atoms with Crippen molar-refractivity contribution in [3.63, 3.8) is 0 Å². The van der Waals surface area contributed by atoms with E-state index in [1.807, 2.05) is 6.07 Å². The van der Waals surface area contributed by atoms with Crippen molar-refractivity contribution in [2.45, 2.75) is 20.0 Å². The van der Waals surface area contributed by atoms with E-state index in [0.717, 1.165) is 10.5 Å². The molecule has 0 radical (unpaired) electrons. The molecule has 0 aliphatic carbocycles. The molecule has 3 amide bonds. The Balaban J connectivity index is 1.28. The summed E-state index contributed by atoms with van der Waals surface area (Å²) in [5.74, 6) is -1.22. The lowest BCUT2D eigenvalue weighted by molar-refractivity contribution is -0.123. The smallest absolute Gasteiger partial charge is 0.338 e. The third-order valence-electron chi connectivity index (χ3n) is 5.94. The van der Waals surface area contributed by atoms with E-state index in [-0.39, 0.29) is 16.7 Å². The molecule has 5 rings (SSSR count). The van der Waals surface area contributed by atoms with Crippen LogP contribution in [0.5, 0.6) is 11.5 Å². The van der Waals surface area contributed by atoms with Crippen LogP contribution >= 0.6 is 0 Å². The summed E-state index contributed by atoms with van der Waals surface area (Å²) in [5.41, 5.74) is 2.07. The van der Waals surface area contributed by atoms with Crippen LogP contribution in [0.15, 0.2) is 60.7 Å². The molecule has 0 fully saturated rings. The van der Waals surface area contributed by atoms with Gasteiger partial charge < -0.3 is 19.5 Å². The van der Waals surface area contributed by atoms with Crippen molar-refractivity contribution in [3.05, 3.63) is 82.9 Å². The highest BCUT2D eigenvalue weighted by Crippen LogP contribution is 2.33. The molecule has 1 N–H and O–H groups in total. The Morgan fingerprint density at radius 2 is 1.64 bits per heavy atom. The number of nitrogens with one attached hydrogen (secondary N) is 1. The predicted molar refractivity (Wildman–Crippen MR) is 130 cm³/mol. The second-order valence-electron chi connectivity index (χ2n) is 8.39. The first-order valence-corrected chi connectivity index (χ1v) is 11.3. The second kappa shape index (κ2) is 9.18. The standard InChI is InChI=1S/C27H22N2O7/c1-15-5-3-4-6-21(15)29-25(31)19-9-7-17(13-20(19)26(29)32)27(33)36-16(2)24(30)28-18-8-10-22-23(14-18)35-12-11-34-22/h3-10,13-14,16H,11-12H2,1-2H3,(H,28,30). The maximum atomic E-state index is 13.0. The minimum atomic E-state index is -1.13. The number of aryl methyl sites for hydroxylation is 1. The summed E-state index contributed by atoms with van der Waals surface area (Å²) in [4.78, 5) is 52.4. The predicted octanol–water partition coefficient (Wildman–Crippen LogP) is 3.75. The van der Waals surface area contributed by atoms with Gasteiger partial charge in [0.25, 0.3) is 17.7 Å². The number of carbonyl (C=O) groups is 4. The number of fused-ring (bicyclic) bond motifs is 2. The highest BCUT2D eigenvalue weighted by molar-refractivity contribution is 6.35. The number of para-hydroxylation sites is 1. The summed E-state index contributed by atoms with van der Waals surface area (Å²) in [6, 6.07) is 16.2. The van der Waals surface area contributed by atoms with Gasteiger partial charge in [-0.15, -0.1) is 0 Å². The van der Waals surface area contributed by atoms with Gasteiger partial charge in [0.2, 0.25) is 0 Å². The van der Waals surface area contributed by atoms with Crippen LogP contribution < -0.4 is 19.7 Å². The third-order valence-corrected chi connectivity index (χ3v) is 5.94. The maximum Gasteiger partial charge on any atom is 0.338 e. The van der Waals surface area contributed by atoms with Gasteiger partial charge in [-0.1, -0.05) is 18.2 Å². The average molecular weight is 486 g/mol. The van der Waals surface area contributed by atoms with Crippen LogP contribution in [0.2, 0.25) is 0 Å². The number of rotatable bonds is 5. The van der Waals surface area contributed by atoms with Crippen LogP contribution in [-0.4, -0.2) is 43.0 Å². The molecule has 0 spiro atoms. The molecule has 1 unspecified atom stereocenters. The van der Waals surface area contributed by atoms with Gasteiger partial charge in [0.15, 0.2) is 17.6 Å². The van der Waals surface area contributed by atoms with Crippen LogP contribution in [0.25, 0.3) is 0 Å². The normalized spacial score (nSPS) is 14.8. The van der Waals surface area contributed by atoms with E-state index in [2.05, 4.69) is 5.32 Å². The van der Waals surface area contributed by atoms with Crippen molar-refractivity contribution in [1.82, 2.24) is 0 Å². The number of imide groups is 1. The Kier molecular flexibility index (Phi) is 5.89. The number of amides is 3. The van der Waals surface area contributed by atoms with Crippen LogP contribution in [0.1, 0.15) is 43.6 Å². The summed E-state index contributed by atoms with van der Waals surface area (Å²) >= 11 is 0. The second-order valence-corrected chi connectivity index (χ2v) is 8.39. The van der Waals surface area contributed by atoms with Crippen molar-refractivity contribution in [2.75, 3.05) is 23.4 Å². The summed E-state index contributed by atoms with van der Waals surface area (Å²) in [7, 11) is 0. The maximum absolute atomic E-state index is 13.0. The summed E-state index contributed by atoms with van der Waals surface area (Å²) in [6.45, 7) is 4.11. The Bertz CT molecular complexity index is 1410. The van der Waals surface area contributed by atoms with E-state index in [0.29, 0.717) is 36.1 Å². The fraction of sp³-hybridized carbons (Fsp3) is 0.185. The molecule has 0 aromatic heterocycles. The van der Waals surface area contributed by atoms with E-state index >= 15 is 0 Å². The van der Waals surface area contributed by atoms with Gasteiger partial charge >= 0.3 is 5.97 Å². The van der Waals surface area contributed by atoms with Gasteiger partial charge in [-0.05, 0) is 55.8 Å². The first kappa shape index (κ1) is 23.1. The molecular weight excluding hydrogens is 464 g/mol. The first-order chi connectivity index (χ1) is 17.3. The minimum Gasteiger partial charge on any atom is -0.486 e. The Morgan fingerprint density at radius 1 is 0.917 bits per heavy atom. The number of anilines is 2. The zero-order chi connectivity index (χ0) is 25.4. The van der Waals surface area contributed by atoms with Crippen LogP contribution in [0.3, 0.4) is 0 Å². The third kappa shape index (κ3) is 4.15. The molecule has 0 bridgehead atoms. The highest BCUT2D eigenvalue weighted by Gasteiger charge is 2.38. The SMILES string of the molecule is Cc1ccccc1N1C(=O)c2ccc(C(=O)OC(C)C(=O)Nc3ccc4c(c3)OCCO4)cc2C1=O. The van der Waals surface area contributed by atoms with Crippen molar-refractivity contribution in [1.29, 1.82) is 0 Å². The van der Waals surface area contributed by atoms with Gasteiger partial charge in [-0.25, -0.2) is 9.69 Å². The van der Waals surface area contributed by atoms with E-state index in [1.165, 1.54) is 25.1 Å². The van der Waals surface area contributed by atoms with Crippen LogP contribution in [0.4, 0.5) is 11.4 Å². The molecule has 9 heteroatoms. The molecule has 182 valence electrons. The number of hydrogen-bond donors (Lipinski definition) is 1. The lowest BCUT2D eigenvalue weighted by Gasteiger charge is -2.19. The number of benzene rings is 3. The molecule has 2 heterocycles. The largest absolute Gasteiger partial charge is 0.486 e. The van der Waals surface area contributed by atoms with Gasteiger partial charge in [0.05, 0.1) is 22.4 Å². The van der Waals surface area contributed by atoms with Gasteiger partial charge in [-0.2, -0.15) is 0 Å². The highest BCUT2D eigenvalue weighted by atomic mass is 16.6. The van der Waals surface area contributed by atoms with Crippen molar-refractivity contribution >= 4 is 35.1 Å². The van der Waals surface area contributed by atoms with Crippen molar-refractivity contribution in [3.8, 4) is 11.5 Å². The molecule has 3 aromatic carbocycles. The molecule has 36 heavy (non-hydrogen) atoms.